The molecule has 176 valence electrons. The Bertz CT molecular complexity index is 1470. The second kappa shape index (κ2) is 7.83. The SMILES string of the molecule is Cc1c2nc(C3CCOC(c4cnn(C5CC5)c4)C3)nc(-c3ccc(F)cc3F)n2c(=O)n1C. The lowest BCUT2D eigenvalue weighted by atomic mass is 9.92. The van der Waals surface area contributed by atoms with Gasteiger partial charge in [0.25, 0.3) is 0 Å². The molecule has 4 aromatic rings. The summed E-state index contributed by atoms with van der Waals surface area (Å²) in [7, 11) is 1.64. The summed E-state index contributed by atoms with van der Waals surface area (Å²) >= 11 is 0. The van der Waals surface area contributed by atoms with Crippen molar-refractivity contribution >= 4 is 5.65 Å². The monoisotopic (exact) mass is 466 g/mol. The standard InChI is InChI=1S/C24H24F2N6O2/c1-13-22-28-21(14-7-8-34-20(9-14)15-11-27-31(12-15)17-4-5-17)29-23(32(22)24(33)30(13)2)18-6-3-16(25)10-19(18)26/h3,6,10-12,14,17,20H,4-5,7-9H2,1-2H3. The zero-order valence-electron chi connectivity index (χ0n) is 18.9. The number of fused-ring (bicyclic) bond motifs is 1. The van der Waals surface area contributed by atoms with E-state index in [2.05, 4.69) is 16.3 Å². The molecule has 4 heterocycles. The number of nitrogens with zero attached hydrogens (tertiary/aromatic N) is 6. The van der Waals surface area contributed by atoms with E-state index in [1.807, 2.05) is 10.9 Å². The Hall–Kier alpha value is -3.40. The first kappa shape index (κ1) is 21.2. The van der Waals surface area contributed by atoms with Crippen molar-refractivity contribution < 1.29 is 13.5 Å². The number of ether oxygens (including phenoxy) is 1. The summed E-state index contributed by atoms with van der Waals surface area (Å²) in [6.45, 7) is 2.32. The summed E-state index contributed by atoms with van der Waals surface area (Å²) in [5.41, 5.74) is 1.76. The van der Waals surface area contributed by atoms with Crippen LogP contribution < -0.4 is 5.69 Å². The fraction of sp³-hybridized carbons (Fsp3) is 0.417. The number of halogens is 2. The van der Waals surface area contributed by atoms with Crippen LogP contribution in [0.3, 0.4) is 0 Å². The highest BCUT2D eigenvalue weighted by molar-refractivity contribution is 5.61. The molecule has 2 aliphatic rings. The van der Waals surface area contributed by atoms with Crippen molar-refractivity contribution in [2.75, 3.05) is 6.61 Å². The van der Waals surface area contributed by atoms with Gasteiger partial charge in [0.1, 0.15) is 17.5 Å². The Kier molecular flexibility index (Phi) is 4.87. The van der Waals surface area contributed by atoms with Gasteiger partial charge < -0.3 is 4.74 Å². The Labute approximate surface area is 193 Å². The predicted molar refractivity (Wildman–Crippen MR) is 119 cm³/mol. The van der Waals surface area contributed by atoms with Crippen molar-refractivity contribution in [3.05, 3.63) is 69.8 Å². The summed E-state index contributed by atoms with van der Waals surface area (Å²) in [5.74, 6) is -0.879. The molecule has 0 amide bonds. The van der Waals surface area contributed by atoms with E-state index in [9.17, 15) is 13.6 Å². The average Bonchev–Trinajstić information content (AvgIpc) is 3.53. The van der Waals surface area contributed by atoms with Crippen LogP contribution in [0.25, 0.3) is 17.0 Å². The summed E-state index contributed by atoms with van der Waals surface area (Å²) in [4.78, 5) is 22.3. The Morgan fingerprint density at radius 1 is 1.15 bits per heavy atom. The van der Waals surface area contributed by atoms with Crippen molar-refractivity contribution in [3.8, 4) is 11.4 Å². The molecule has 0 radical (unpaired) electrons. The van der Waals surface area contributed by atoms with E-state index < -0.39 is 11.6 Å². The second-order valence-electron chi connectivity index (χ2n) is 9.18. The molecule has 0 spiro atoms. The van der Waals surface area contributed by atoms with Crippen LogP contribution in [0.2, 0.25) is 0 Å². The molecule has 34 heavy (non-hydrogen) atoms. The maximum Gasteiger partial charge on any atom is 0.335 e. The second-order valence-corrected chi connectivity index (χ2v) is 9.18. The van der Waals surface area contributed by atoms with Gasteiger partial charge in [0, 0.05) is 37.4 Å². The first-order chi connectivity index (χ1) is 16.4. The number of hydrogen-bond donors (Lipinski definition) is 0. The molecule has 10 heteroatoms. The van der Waals surface area contributed by atoms with Crippen LogP contribution in [-0.2, 0) is 11.8 Å². The highest BCUT2D eigenvalue weighted by Gasteiger charge is 2.31. The van der Waals surface area contributed by atoms with Crippen LogP contribution >= 0.6 is 0 Å². The zero-order chi connectivity index (χ0) is 23.6. The zero-order valence-corrected chi connectivity index (χ0v) is 18.9. The molecule has 2 unspecified atom stereocenters. The Morgan fingerprint density at radius 2 is 1.97 bits per heavy atom. The predicted octanol–water partition coefficient (Wildman–Crippen LogP) is 3.85. The maximum atomic E-state index is 14.8. The number of aryl methyl sites for hydroxylation is 1. The summed E-state index contributed by atoms with van der Waals surface area (Å²) in [6, 6.07) is 3.76. The van der Waals surface area contributed by atoms with Gasteiger partial charge >= 0.3 is 5.69 Å². The molecule has 1 aliphatic heterocycles. The smallest absolute Gasteiger partial charge is 0.335 e. The molecule has 3 aromatic heterocycles. The lowest BCUT2D eigenvalue weighted by molar-refractivity contribution is 0.00393. The Balaban J connectivity index is 1.44. The molecule has 1 saturated carbocycles. The topological polar surface area (TPSA) is 79.2 Å². The van der Waals surface area contributed by atoms with Gasteiger partial charge in [-0.3, -0.25) is 9.25 Å². The highest BCUT2D eigenvalue weighted by atomic mass is 19.1. The fourth-order valence-electron chi connectivity index (χ4n) is 4.67. The van der Waals surface area contributed by atoms with Crippen LogP contribution in [0.4, 0.5) is 8.78 Å². The molecule has 0 bridgehead atoms. The van der Waals surface area contributed by atoms with Crippen molar-refractivity contribution in [1.82, 2.24) is 28.7 Å². The van der Waals surface area contributed by atoms with Crippen molar-refractivity contribution in [1.29, 1.82) is 0 Å². The van der Waals surface area contributed by atoms with E-state index in [0.717, 1.165) is 30.5 Å². The van der Waals surface area contributed by atoms with Gasteiger partial charge in [-0.05, 0) is 44.7 Å². The minimum atomic E-state index is -0.781. The lowest BCUT2D eigenvalue weighted by Crippen LogP contribution is -2.23. The van der Waals surface area contributed by atoms with E-state index in [0.29, 0.717) is 42.7 Å². The molecule has 2 atom stereocenters. The van der Waals surface area contributed by atoms with Crippen LogP contribution in [0.15, 0.2) is 35.4 Å². The van der Waals surface area contributed by atoms with Crippen LogP contribution in [-0.4, -0.2) is 35.3 Å². The molecule has 1 saturated heterocycles. The van der Waals surface area contributed by atoms with Crippen molar-refractivity contribution in [2.24, 2.45) is 7.05 Å². The first-order valence-corrected chi connectivity index (χ1v) is 11.5. The van der Waals surface area contributed by atoms with Gasteiger partial charge in [-0.1, -0.05) is 0 Å². The molecular formula is C24H24F2N6O2. The molecular weight excluding hydrogens is 442 g/mol. The summed E-state index contributed by atoms with van der Waals surface area (Å²) in [6.07, 6.45) is 7.42. The lowest BCUT2D eigenvalue weighted by Gasteiger charge is -2.28. The number of hydrogen-bond acceptors (Lipinski definition) is 5. The average molecular weight is 466 g/mol. The van der Waals surface area contributed by atoms with Gasteiger partial charge in [-0.2, -0.15) is 5.10 Å². The quantitative estimate of drug-likeness (QED) is 0.457. The van der Waals surface area contributed by atoms with E-state index in [-0.39, 0.29) is 29.1 Å². The normalized spacial score (nSPS) is 20.8. The number of aromatic nitrogens is 6. The summed E-state index contributed by atoms with van der Waals surface area (Å²) in [5, 5.41) is 4.48. The maximum absolute atomic E-state index is 14.8. The van der Waals surface area contributed by atoms with Crippen LogP contribution in [0.5, 0.6) is 0 Å². The molecule has 2 fully saturated rings. The van der Waals surface area contributed by atoms with Crippen LogP contribution in [0, 0.1) is 18.6 Å². The minimum Gasteiger partial charge on any atom is -0.373 e. The number of imidazole rings is 1. The highest BCUT2D eigenvalue weighted by Crippen LogP contribution is 2.39. The fourth-order valence-corrected chi connectivity index (χ4v) is 4.67. The largest absolute Gasteiger partial charge is 0.373 e. The van der Waals surface area contributed by atoms with E-state index in [4.69, 9.17) is 9.72 Å². The summed E-state index contributed by atoms with van der Waals surface area (Å²) < 4.78 is 39.2. The van der Waals surface area contributed by atoms with Crippen molar-refractivity contribution in [2.45, 2.75) is 50.7 Å². The van der Waals surface area contributed by atoms with Gasteiger partial charge in [0.15, 0.2) is 11.5 Å². The van der Waals surface area contributed by atoms with Crippen molar-refractivity contribution in [3.63, 3.8) is 0 Å². The molecule has 6 rings (SSSR count). The van der Waals surface area contributed by atoms with Gasteiger partial charge in [-0.15, -0.1) is 0 Å². The third-order valence-corrected chi connectivity index (χ3v) is 6.90. The molecule has 1 aromatic carbocycles. The van der Waals surface area contributed by atoms with Gasteiger partial charge in [0.2, 0.25) is 0 Å². The third kappa shape index (κ3) is 3.44. The Morgan fingerprint density at radius 3 is 2.74 bits per heavy atom. The minimum absolute atomic E-state index is 0.0509. The van der Waals surface area contributed by atoms with Gasteiger partial charge in [-0.25, -0.2) is 27.9 Å². The molecule has 1 aliphatic carbocycles. The van der Waals surface area contributed by atoms with Gasteiger partial charge in [0.05, 0.1) is 29.6 Å². The van der Waals surface area contributed by atoms with Crippen LogP contribution in [0.1, 0.15) is 60.8 Å². The third-order valence-electron chi connectivity index (χ3n) is 6.90. The number of rotatable bonds is 4. The molecule has 8 nitrogen and oxygen atoms in total. The molecule has 0 N–H and O–H groups in total. The van der Waals surface area contributed by atoms with E-state index >= 15 is 0 Å². The van der Waals surface area contributed by atoms with E-state index in [1.165, 1.54) is 15.0 Å². The number of benzene rings is 1. The first-order valence-electron chi connectivity index (χ1n) is 11.5. The van der Waals surface area contributed by atoms with E-state index in [1.54, 1.807) is 14.0 Å².